The molecule has 0 spiro atoms. The molecule has 1 heterocycles. The summed E-state index contributed by atoms with van der Waals surface area (Å²) in [5, 5.41) is 4.88. The van der Waals surface area contributed by atoms with E-state index in [0.29, 0.717) is 6.04 Å². The van der Waals surface area contributed by atoms with Gasteiger partial charge in [-0.15, -0.1) is 0 Å². The molecule has 1 aliphatic carbocycles. The van der Waals surface area contributed by atoms with Crippen molar-refractivity contribution in [3.63, 3.8) is 0 Å². The molecule has 0 radical (unpaired) electrons. The van der Waals surface area contributed by atoms with Gasteiger partial charge in [0.2, 0.25) is 0 Å². The average Bonchev–Trinajstić information content (AvgIpc) is 2.55. The minimum absolute atomic E-state index is 0.420. The van der Waals surface area contributed by atoms with E-state index in [0.717, 1.165) is 18.5 Å². The van der Waals surface area contributed by atoms with Crippen molar-refractivity contribution in [2.45, 2.75) is 45.1 Å². The predicted octanol–water partition coefficient (Wildman–Crippen LogP) is 4.78. The van der Waals surface area contributed by atoms with Gasteiger partial charge < -0.3 is 5.32 Å². The largest absolute Gasteiger partial charge is 0.310 e. The molecule has 0 amide bonds. The number of benzene rings is 1. The standard InChI is InChI=1S/C19H24N2/c1-2-20-19(13-15-7-4-3-5-8-15)17-10-11-18-16(14-17)9-6-12-21-18/h6-7,9-12,14,19-20H,2-5,8,13H2,1H3. The normalized spacial score (nSPS) is 16.7. The van der Waals surface area contributed by atoms with Gasteiger partial charge in [-0.25, -0.2) is 0 Å². The number of pyridine rings is 1. The highest BCUT2D eigenvalue weighted by Gasteiger charge is 2.14. The number of allylic oxidation sites excluding steroid dienone is 1. The number of nitrogens with zero attached hydrogens (tertiary/aromatic N) is 1. The van der Waals surface area contributed by atoms with E-state index >= 15 is 0 Å². The van der Waals surface area contributed by atoms with Crippen molar-refractivity contribution < 1.29 is 0 Å². The molecule has 2 nitrogen and oxygen atoms in total. The van der Waals surface area contributed by atoms with Crippen LogP contribution in [0.2, 0.25) is 0 Å². The lowest BCUT2D eigenvalue weighted by atomic mass is 9.91. The van der Waals surface area contributed by atoms with Crippen LogP contribution in [-0.4, -0.2) is 11.5 Å². The lowest BCUT2D eigenvalue weighted by Gasteiger charge is -2.22. The molecule has 110 valence electrons. The minimum atomic E-state index is 0.420. The van der Waals surface area contributed by atoms with Gasteiger partial charge in [-0.1, -0.05) is 30.7 Å². The van der Waals surface area contributed by atoms with Crippen molar-refractivity contribution in [1.29, 1.82) is 0 Å². The van der Waals surface area contributed by atoms with Crippen molar-refractivity contribution in [2.24, 2.45) is 0 Å². The van der Waals surface area contributed by atoms with Crippen molar-refractivity contribution >= 4 is 10.9 Å². The maximum atomic E-state index is 4.41. The summed E-state index contributed by atoms with van der Waals surface area (Å²) in [7, 11) is 0. The average molecular weight is 280 g/mol. The van der Waals surface area contributed by atoms with Crippen LogP contribution in [0.15, 0.2) is 48.2 Å². The van der Waals surface area contributed by atoms with Gasteiger partial charge in [-0.05, 0) is 62.4 Å². The fourth-order valence-corrected chi connectivity index (χ4v) is 3.22. The van der Waals surface area contributed by atoms with E-state index in [1.54, 1.807) is 5.57 Å². The van der Waals surface area contributed by atoms with Crippen molar-refractivity contribution in [1.82, 2.24) is 10.3 Å². The van der Waals surface area contributed by atoms with E-state index in [9.17, 15) is 0 Å². The topological polar surface area (TPSA) is 24.9 Å². The number of nitrogens with one attached hydrogen (secondary N) is 1. The van der Waals surface area contributed by atoms with Crippen LogP contribution in [0.3, 0.4) is 0 Å². The first kappa shape index (κ1) is 14.3. The highest BCUT2D eigenvalue weighted by molar-refractivity contribution is 5.79. The molecule has 21 heavy (non-hydrogen) atoms. The number of rotatable bonds is 5. The summed E-state index contributed by atoms with van der Waals surface area (Å²) in [5.74, 6) is 0. The van der Waals surface area contributed by atoms with Gasteiger partial charge >= 0.3 is 0 Å². The van der Waals surface area contributed by atoms with Gasteiger partial charge in [0.15, 0.2) is 0 Å². The predicted molar refractivity (Wildman–Crippen MR) is 89.3 cm³/mol. The molecule has 1 N–H and O–H groups in total. The molecule has 0 aliphatic heterocycles. The maximum absolute atomic E-state index is 4.41. The van der Waals surface area contributed by atoms with Crippen LogP contribution in [0.25, 0.3) is 10.9 Å². The first-order valence-corrected chi connectivity index (χ1v) is 8.13. The lowest BCUT2D eigenvalue weighted by molar-refractivity contribution is 0.528. The zero-order valence-electron chi connectivity index (χ0n) is 12.8. The van der Waals surface area contributed by atoms with Crippen molar-refractivity contribution in [3.8, 4) is 0 Å². The molecule has 1 atom stereocenters. The first-order chi connectivity index (χ1) is 10.4. The second-order valence-electron chi connectivity index (χ2n) is 5.88. The fraction of sp³-hybridized carbons (Fsp3) is 0.421. The molecule has 3 rings (SSSR count). The monoisotopic (exact) mass is 280 g/mol. The van der Waals surface area contributed by atoms with Crippen molar-refractivity contribution in [2.75, 3.05) is 6.54 Å². The van der Waals surface area contributed by atoms with E-state index in [1.165, 1.54) is 36.6 Å². The van der Waals surface area contributed by atoms with Gasteiger partial charge in [0.25, 0.3) is 0 Å². The molecule has 0 fully saturated rings. The second kappa shape index (κ2) is 6.86. The number of aromatic nitrogens is 1. The Bertz CT molecular complexity index is 630. The van der Waals surface area contributed by atoms with E-state index in [2.05, 4.69) is 47.6 Å². The second-order valence-corrected chi connectivity index (χ2v) is 5.88. The molecule has 1 aliphatic rings. The summed E-state index contributed by atoms with van der Waals surface area (Å²) >= 11 is 0. The zero-order valence-corrected chi connectivity index (χ0v) is 12.8. The first-order valence-electron chi connectivity index (χ1n) is 8.13. The van der Waals surface area contributed by atoms with Gasteiger partial charge in [-0.2, -0.15) is 0 Å². The van der Waals surface area contributed by atoms with Gasteiger partial charge in [0.05, 0.1) is 5.52 Å². The summed E-state index contributed by atoms with van der Waals surface area (Å²) in [6.45, 7) is 3.19. The SMILES string of the molecule is CCNC(CC1=CCCCC1)c1ccc2ncccc2c1. The van der Waals surface area contributed by atoms with Crippen LogP contribution < -0.4 is 5.32 Å². The Hall–Kier alpha value is -1.67. The summed E-state index contributed by atoms with van der Waals surface area (Å²) < 4.78 is 0. The van der Waals surface area contributed by atoms with Crippen LogP contribution in [0.1, 0.15) is 50.6 Å². The minimum Gasteiger partial charge on any atom is -0.310 e. The van der Waals surface area contributed by atoms with Crippen molar-refractivity contribution in [3.05, 3.63) is 53.7 Å². The quantitative estimate of drug-likeness (QED) is 0.798. The zero-order chi connectivity index (χ0) is 14.5. The lowest BCUT2D eigenvalue weighted by Crippen LogP contribution is -2.21. The molecule has 1 aromatic carbocycles. The third-order valence-electron chi connectivity index (χ3n) is 4.33. The molecular weight excluding hydrogens is 256 g/mol. The van der Waals surface area contributed by atoms with Crippen LogP contribution in [-0.2, 0) is 0 Å². The summed E-state index contributed by atoms with van der Waals surface area (Å²) in [6, 6.07) is 11.2. The van der Waals surface area contributed by atoms with E-state index in [-0.39, 0.29) is 0 Å². The van der Waals surface area contributed by atoms with Gasteiger partial charge in [-0.3, -0.25) is 4.98 Å². The Balaban J connectivity index is 1.85. The number of hydrogen-bond acceptors (Lipinski definition) is 2. The van der Waals surface area contributed by atoms with Crippen LogP contribution >= 0.6 is 0 Å². The van der Waals surface area contributed by atoms with Crippen LogP contribution in [0, 0.1) is 0 Å². The Morgan fingerprint density at radius 2 is 2.19 bits per heavy atom. The molecule has 2 heteroatoms. The third-order valence-corrected chi connectivity index (χ3v) is 4.33. The molecule has 0 saturated heterocycles. The Labute approximate surface area is 127 Å². The molecular formula is C19H24N2. The van der Waals surface area contributed by atoms with Crippen LogP contribution in [0.4, 0.5) is 0 Å². The summed E-state index contributed by atoms with van der Waals surface area (Å²) in [4.78, 5) is 4.41. The molecule has 1 unspecified atom stereocenters. The molecule has 1 aromatic heterocycles. The Morgan fingerprint density at radius 1 is 1.24 bits per heavy atom. The maximum Gasteiger partial charge on any atom is 0.0702 e. The summed E-state index contributed by atoms with van der Waals surface area (Å²) in [6.07, 6.45) is 10.7. The molecule has 0 saturated carbocycles. The fourth-order valence-electron chi connectivity index (χ4n) is 3.22. The molecule has 0 bridgehead atoms. The smallest absolute Gasteiger partial charge is 0.0702 e. The highest BCUT2D eigenvalue weighted by atomic mass is 14.9. The summed E-state index contributed by atoms with van der Waals surface area (Å²) in [5.41, 5.74) is 4.08. The number of hydrogen-bond donors (Lipinski definition) is 1. The van der Waals surface area contributed by atoms with Gasteiger partial charge in [0.1, 0.15) is 0 Å². The Kier molecular flexibility index (Phi) is 4.66. The molecule has 2 aromatic rings. The van der Waals surface area contributed by atoms with E-state index in [4.69, 9.17) is 0 Å². The third kappa shape index (κ3) is 3.51. The number of fused-ring (bicyclic) bond motifs is 1. The van der Waals surface area contributed by atoms with Crippen LogP contribution in [0.5, 0.6) is 0 Å². The van der Waals surface area contributed by atoms with Gasteiger partial charge in [0, 0.05) is 17.6 Å². The van der Waals surface area contributed by atoms with E-state index < -0.39 is 0 Å². The highest BCUT2D eigenvalue weighted by Crippen LogP contribution is 2.29. The van der Waals surface area contributed by atoms with E-state index in [1.807, 2.05) is 12.3 Å². The Morgan fingerprint density at radius 3 is 3.00 bits per heavy atom.